The van der Waals surface area contributed by atoms with E-state index in [1.54, 1.807) is 0 Å². The van der Waals surface area contributed by atoms with Crippen LogP contribution >= 0.6 is 0 Å². The van der Waals surface area contributed by atoms with Gasteiger partial charge in [-0.1, -0.05) is 18.2 Å². The van der Waals surface area contributed by atoms with Gasteiger partial charge in [0.05, 0.1) is 6.54 Å². The van der Waals surface area contributed by atoms with E-state index >= 15 is 0 Å². The summed E-state index contributed by atoms with van der Waals surface area (Å²) < 4.78 is 13.1. The lowest BCUT2D eigenvalue weighted by Gasteiger charge is -2.35. The van der Waals surface area contributed by atoms with Crippen molar-refractivity contribution in [1.29, 1.82) is 0 Å². The van der Waals surface area contributed by atoms with E-state index in [2.05, 4.69) is 32.2 Å². The van der Waals surface area contributed by atoms with Crippen LogP contribution in [0.4, 0.5) is 10.1 Å². The predicted molar refractivity (Wildman–Crippen MR) is 110 cm³/mol. The molecule has 146 valence electrons. The molecule has 1 amide bonds. The first-order valence-corrected chi connectivity index (χ1v) is 9.73. The third kappa shape index (κ3) is 4.34. The monoisotopic (exact) mass is 380 g/mol. The summed E-state index contributed by atoms with van der Waals surface area (Å²) in [4.78, 5) is 19.9. The predicted octanol–water partition coefficient (Wildman–Crippen LogP) is 2.79. The molecule has 0 radical (unpaired) electrons. The summed E-state index contributed by atoms with van der Waals surface area (Å²) in [6.07, 6.45) is 2.83. The smallest absolute Gasteiger partial charge is 0.234 e. The van der Waals surface area contributed by atoms with Crippen molar-refractivity contribution in [2.24, 2.45) is 0 Å². The molecule has 3 aromatic rings. The van der Waals surface area contributed by atoms with Crippen molar-refractivity contribution >= 4 is 22.5 Å². The van der Waals surface area contributed by atoms with Gasteiger partial charge in [0, 0.05) is 55.5 Å². The number of carbonyl (C=O) groups excluding carboxylic acids is 1. The van der Waals surface area contributed by atoms with E-state index < -0.39 is 0 Å². The molecule has 0 atom stereocenters. The van der Waals surface area contributed by atoms with Crippen molar-refractivity contribution in [3.05, 3.63) is 66.1 Å². The molecule has 2 N–H and O–H groups in total. The van der Waals surface area contributed by atoms with Gasteiger partial charge < -0.3 is 15.2 Å². The van der Waals surface area contributed by atoms with Crippen LogP contribution in [-0.2, 0) is 11.2 Å². The highest BCUT2D eigenvalue weighted by molar-refractivity contribution is 5.83. The topological polar surface area (TPSA) is 51.4 Å². The van der Waals surface area contributed by atoms with Gasteiger partial charge in [-0.05, 0) is 42.3 Å². The van der Waals surface area contributed by atoms with Crippen LogP contribution in [0.3, 0.4) is 0 Å². The van der Waals surface area contributed by atoms with Crippen molar-refractivity contribution in [2.75, 3.05) is 44.2 Å². The van der Waals surface area contributed by atoms with Gasteiger partial charge in [0.1, 0.15) is 5.82 Å². The molecule has 5 nitrogen and oxygen atoms in total. The van der Waals surface area contributed by atoms with Crippen LogP contribution < -0.4 is 10.2 Å². The van der Waals surface area contributed by atoms with Gasteiger partial charge in [0.2, 0.25) is 5.91 Å². The Kier molecular flexibility index (Phi) is 5.58. The standard InChI is InChI=1S/C22H25FN4O/c23-18-5-7-19(8-6-18)27-13-11-26(12-14-27)16-22(28)24-10-9-17-15-25-21-4-2-1-3-20(17)21/h1-8,15,25H,9-14,16H2,(H,24,28). The summed E-state index contributed by atoms with van der Waals surface area (Å²) in [5.41, 5.74) is 3.39. The average molecular weight is 380 g/mol. The van der Waals surface area contributed by atoms with E-state index in [9.17, 15) is 9.18 Å². The van der Waals surface area contributed by atoms with Crippen molar-refractivity contribution in [1.82, 2.24) is 15.2 Å². The molecule has 2 aromatic carbocycles. The summed E-state index contributed by atoms with van der Waals surface area (Å²) in [5, 5.41) is 4.25. The quantitative estimate of drug-likeness (QED) is 0.691. The molecule has 6 heteroatoms. The average Bonchev–Trinajstić information content (AvgIpc) is 3.13. The second-order valence-corrected chi connectivity index (χ2v) is 7.20. The lowest BCUT2D eigenvalue weighted by Crippen LogP contribution is -2.49. The number of rotatable bonds is 6. The zero-order chi connectivity index (χ0) is 19.3. The maximum absolute atomic E-state index is 13.1. The third-order valence-corrected chi connectivity index (χ3v) is 5.32. The SMILES string of the molecule is O=C(CN1CCN(c2ccc(F)cc2)CC1)NCCc1c[nH]c2ccccc12. The van der Waals surface area contributed by atoms with Gasteiger partial charge in [-0.2, -0.15) is 0 Å². The second kappa shape index (κ2) is 8.44. The van der Waals surface area contributed by atoms with Crippen LogP contribution in [0.25, 0.3) is 10.9 Å². The molecule has 28 heavy (non-hydrogen) atoms. The number of nitrogens with one attached hydrogen (secondary N) is 2. The van der Waals surface area contributed by atoms with Crippen LogP contribution in [0.5, 0.6) is 0 Å². The third-order valence-electron chi connectivity index (χ3n) is 5.32. The molecular weight excluding hydrogens is 355 g/mol. The van der Waals surface area contributed by atoms with Crippen molar-refractivity contribution in [2.45, 2.75) is 6.42 Å². The zero-order valence-electron chi connectivity index (χ0n) is 15.8. The molecule has 2 heterocycles. The first-order chi connectivity index (χ1) is 13.7. The molecule has 1 aromatic heterocycles. The maximum atomic E-state index is 13.1. The minimum absolute atomic E-state index is 0.0649. The van der Waals surface area contributed by atoms with E-state index in [1.807, 2.05) is 30.5 Å². The first kappa shape index (κ1) is 18.5. The Morgan fingerprint density at radius 1 is 1.04 bits per heavy atom. The second-order valence-electron chi connectivity index (χ2n) is 7.20. The lowest BCUT2D eigenvalue weighted by atomic mass is 10.1. The van der Waals surface area contributed by atoms with Crippen LogP contribution in [0.1, 0.15) is 5.56 Å². The molecular formula is C22H25FN4O. The van der Waals surface area contributed by atoms with Gasteiger partial charge in [0.25, 0.3) is 0 Å². The minimum atomic E-state index is -0.216. The van der Waals surface area contributed by atoms with Crippen molar-refractivity contribution in [3.63, 3.8) is 0 Å². The molecule has 0 saturated carbocycles. The van der Waals surface area contributed by atoms with Crippen LogP contribution in [-0.4, -0.2) is 55.1 Å². The molecule has 1 fully saturated rings. The zero-order valence-corrected chi connectivity index (χ0v) is 15.8. The number of anilines is 1. The fraction of sp³-hybridized carbons (Fsp3) is 0.318. The summed E-state index contributed by atoms with van der Waals surface area (Å²) in [6, 6.07) is 14.8. The molecule has 1 aliphatic rings. The van der Waals surface area contributed by atoms with Crippen molar-refractivity contribution < 1.29 is 9.18 Å². The summed E-state index contributed by atoms with van der Waals surface area (Å²) in [7, 11) is 0. The van der Waals surface area contributed by atoms with Gasteiger partial charge in [-0.25, -0.2) is 4.39 Å². The normalized spacial score (nSPS) is 15.1. The number of piperazine rings is 1. The molecule has 0 bridgehead atoms. The number of nitrogens with zero attached hydrogens (tertiary/aromatic N) is 2. The Bertz CT molecular complexity index is 929. The maximum Gasteiger partial charge on any atom is 0.234 e. The Morgan fingerprint density at radius 2 is 1.79 bits per heavy atom. The molecule has 1 saturated heterocycles. The largest absolute Gasteiger partial charge is 0.369 e. The van der Waals surface area contributed by atoms with Gasteiger partial charge in [-0.15, -0.1) is 0 Å². The summed E-state index contributed by atoms with van der Waals surface area (Å²) in [6.45, 7) is 4.39. The minimum Gasteiger partial charge on any atom is -0.369 e. The number of fused-ring (bicyclic) bond motifs is 1. The number of halogens is 1. The highest BCUT2D eigenvalue weighted by atomic mass is 19.1. The highest BCUT2D eigenvalue weighted by Crippen LogP contribution is 2.18. The van der Waals surface area contributed by atoms with Gasteiger partial charge in [0.15, 0.2) is 0 Å². The number of hydrogen-bond acceptors (Lipinski definition) is 3. The lowest BCUT2D eigenvalue weighted by molar-refractivity contribution is -0.122. The van der Waals surface area contributed by atoms with E-state index in [1.165, 1.54) is 23.1 Å². The molecule has 0 spiro atoms. The number of H-pyrrole nitrogens is 1. The number of carbonyl (C=O) groups is 1. The number of para-hydroxylation sites is 1. The fourth-order valence-electron chi connectivity index (χ4n) is 3.75. The molecule has 0 unspecified atom stereocenters. The van der Waals surface area contributed by atoms with E-state index in [0.29, 0.717) is 13.1 Å². The number of aromatic nitrogens is 1. The first-order valence-electron chi connectivity index (χ1n) is 9.73. The number of hydrogen-bond donors (Lipinski definition) is 2. The number of amides is 1. The number of benzene rings is 2. The van der Waals surface area contributed by atoms with Gasteiger partial charge >= 0.3 is 0 Å². The van der Waals surface area contributed by atoms with E-state index in [0.717, 1.165) is 43.8 Å². The van der Waals surface area contributed by atoms with Crippen LogP contribution in [0, 0.1) is 5.82 Å². The molecule has 0 aliphatic carbocycles. The van der Waals surface area contributed by atoms with Crippen molar-refractivity contribution in [3.8, 4) is 0 Å². The van der Waals surface area contributed by atoms with E-state index in [-0.39, 0.29) is 11.7 Å². The Hall–Kier alpha value is -2.86. The molecule has 1 aliphatic heterocycles. The Morgan fingerprint density at radius 3 is 2.57 bits per heavy atom. The van der Waals surface area contributed by atoms with E-state index in [4.69, 9.17) is 0 Å². The Labute approximate surface area is 164 Å². The van der Waals surface area contributed by atoms with Crippen LogP contribution in [0.15, 0.2) is 54.7 Å². The Balaban J connectivity index is 1.20. The highest BCUT2D eigenvalue weighted by Gasteiger charge is 2.19. The number of aromatic amines is 1. The van der Waals surface area contributed by atoms with Crippen LogP contribution in [0.2, 0.25) is 0 Å². The summed E-state index contributed by atoms with van der Waals surface area (Å²) in [5.74, 6) is -0.151. The molecule has 4 rings (SSSR count). The summed E-state index contributed by atoms with van der Waals surface area (Å²) >= 11 is 0. The fourth-order valence-corrected chi connectivity index (χ4v) is 3.75. The van der Waals surface area contributed by atoms with Gasteiger partial charge in [-0.3, -0.25) is 9.69 Å².